The third-order valence-corrected chi connectivity index (χ3v) is 4.81. The average molecular weight is 383 g/mol. The Balaban J connectivity index is 1.63. The molecule has 2 fully saturated rings. The van der Waals surface area contributed by atoms with Crippen LogP contribution < -0.4 is 10.6 Å². The molecule has 27 heavy (non-hydrogen) atoms. The van der Waals surface area contributed by atoms with Crippen molar-refractivity contribution < 1.29 is 23.9 Å². The zero-order valence-electron chi connectivity index (χ0n) is 16.7. The van der Waals surface area contributed by atoms with Crippen LogP contribution in [-0.2, 0) is 19.1 Å². The van der Waals surface area contributed by atoms with Crippen LogP contribution in [0, 0.1) is 5.92 Å². The van der Waals surface area contributed by atoms with E-state index in [2.05, 4.69) is 10.6 Å². The molecule has 3 amide bonds. The summed E-state index contributed by atoms with van der Waals surface area (Å²) in [5.74, 6) is 0.380. The maximum atomic E-state index is 12.2. The third-order valence-electron chi connectivity index (χ3n) is 4.81. The molecule has 0 unspecified atom stereocenters. The van der Waals surface area contributed by atoms with Crippen LogP contribution in [0.1, 0.15) is 52.9 Å². The van der Waals surface area contributed by atoms with Gasteiger partial charge >= 0.3 is 6.09 Å². The SMILES string of the molecule is CC(C)(C)OC(=O)NCC(=O)N1CCC(NC(=O)CC2CCOCC2)CC1. The van der Waals surface area contributed by atoms with Gasteiger partial charge in [-0.05, 0) is 52.4 Å². The number of amides is 3. The molecule has 2 aliphatic heterocycles. The molecule has 0 saturated carbocycles. The highest BCUT2D eigenvalue weighted by atomic mass is 16.6. The zero-order chi connectivity index (χ0) is 19.9. The Kier molecular flexibility index (Phi) is 7.89. The second-order valence-corrected chi connectivity index (χ2v) is 8.34. The highest BCUT2D eigenvalue weighted by Crippen LogP contribution is 2.19. The summed E-state index contributed by atoms with van der Waals surface area (Å²) in [6, 6.07) is 0.111. The van der Waals surface area contributed by atoms with Crippen LogP contribution in [0.3, 0.4) is 0 Å². The third kappa shape index (κ3) is 8.15. The number of carbonyl (C=O) groups is 3. The monoisotopic (exact) mass is 383 g/mol. The molecule has 0 radical (unpaired) electrons. The Morgan fingerprint density at radius 1 is 1.07 bits per heavy atom. The van der Waals surface area contributed by atoms with E-state index in [0.717, 1.165) is 38.9 Å². The molecule has 0 aromatic carbocycles. The Morgan fingerprint density at radius 3 is 2.30 bits per heavy atom. The molecule has 0 aromatic heterocycles. The van der Waals surface area contributed by atoms with Gasteiger partial charge in [0.25, 0.3) is 0 Å². The number of ether oxygens (including phenoxy) is 2. The fourth-order valence-electron chi connectivity index (χ4n) is 3.35. The van der Waals surface area contributed by atoms with Crippen LogP contribution in [0.4, 0.5) is 4.79 Å². The molecule has 8 heteroatoms. The van der Waals surface area contributed by atoms with E-state index in [1.807, 2.05) is 0 Å². The minimum Gasteiger partial charge on any atom is -0.444 e. The van der Waals surface area contributed by atoms with E-state index in [9.17, 15) is 14.4 Å². The first kappa shape index (κ1) is 21.5. The summed E-state index contributed by atoms with van der Waals surface area (Å²) in [7, 11) is 0. The Hall–Kier alpha value is -1.83. The van der Waals surface area contributed by atoms with E-state index in [1.54, 1.807) is 25.7 Å². The molecule has 2 heterocycles. The molecule has 0 aromatic rings. The second-order valence-electron chi connectivity index (χ2n) is 8.34. The Morgan fingerprint density at radius 2 is 1.70 bits per heavy atom. The smallest absolute Gasteiger partial charge is 0.408 e. The topological polar surface area (TPSA) is 97.0 Å². The van der Waals surface area contributed by atoms with Gasteiger partial charge in [0.1, 0.15) is 12.1 Å². The first-order valence-corrected chi connectivity index (χ1v) is 9.84. The van der Waals surface area contributed by atoms with Crippen LogP contribution in [0.5, 0.6) is 0 Å². The summed E-state index contributed by atoms with van der Waals surface area (Å²) >= 11 is 0. The number of hydrogen-bond acceptors (Lipinski definition) is 5. The van der Waals surface area contributed by atoms with Crippen molar-refractivity contribution in [2.24, 2.45) is 5.92 Å². The van der Waals surface area contributed by atoms with Crippen molar-refractivity contribution in [2.75, 3.05) is 32.8 Å². The van der Waals surface area contributed by atoms with Gasteiger partial charge in [-0.1, -0.05) is 0 Å². The van der Waals surface area contributed by atoms with E-state index < -0.39 is 11.7 Å². The van der Waals surface area contributed by atoms with Crippen molar-refractivity contribution in [3.63, 3.8) is 0 Å². The van der Waals surface area contributed by atoms with Gasteiger partial charge in [0.15, 0.2) is 0 Å². The molecule has 2 saturated heterocycles. The van der Waals surface area contributed by atoms with Crippen molar-refractivity contribution in [1.29, 1.82) is 0 Å². The standard InChI is InChI=1S/C19H33N3O5/c1-19(2,3)27-18(25)20-13-17(24)22-8-4-15(5-9-22)21-16(23)12-14-6-10-26-11-7-14/h14-15H,4-13H2,1-3H3,(H,20,25)(H,21,23). The molecule has 8 nitrogen and oxygen atoms in total. The van der Waals surface area contributed by atoms with Crippen LogP contribution in [-0.4, -0.2) is 67.3 Å². The van der Waals surface area contributed by atoms with E-state index in [0.29, 0.717) is 25.4 Å². The van der Waals surface area contributed by atoms with Crippen LogP contribution in [0.25, 0.3) is 0 Å². The first-order chi connectivity index (χ1) is 12.7. The van der Waals surface area contributed by atoms with E-state index >= 15 is 0 Å². The average Bonchev–Trinajstić information content (AvgIpc) is 2.59. The molecule has 0 bridgehead atoms. The lowest BCUT2D eigenvalue weighted by Gasteiger charge is -2.33. The highest BCUT2D eigenvalue weighted by molar-refractivity contribution is 5.82. The van der Waals surface area contributed by atoms with E-state index in [4.69, 9.17) is 9.47 Å². The lowest BCUT2D eigenvalue weighted by molar-refractivity contribution is -0.131. The molecule has 0 spiro atoms. The van der Waals surface area contributed by atoms with Crippen molar-refractivity contribution in [1.82, 2.24) is 15.5 Å². The summed E-state index contributed by atoms with van der Waals surface area (Å²) in [5.41, 5.74) is -0.589. The van der Waals surface area contributed by atoms with Gasteiger partial charge in [0, 0.05) is 38.8 Å². The lowest BCUT2D eigenvalue weighted by atomic mass is 9.95. The summed E-state index contributed by atoms with van der Waals surface area (Å²) in [5, 5.41) is 5.59. The summed E-state index contributed by atoms with van der Waals surface area (Å²) in [4.78, 5) is 37.8. The maximum Gasteiger partial charge on any atom is 0.408 e. The second kappa shape index (κ2) is 9.92. The molecule has 2 aliphatic rings. The van der Waals surface area contributed by atoms with Crippen LogP contribution in [0.15, 0.2) is 0 Å². The number of rotatable bonds is 5. The Bertz CT molecular complexity index is 518. The molecule has 154 valence electrons. The van der Waals surface area contributed by atoms with E-state index in [1.165, 1.54) is 0 Å². The molecule has 0 atom stereocenters. The number of carbonyl (C=O) groups excluding carboxylic acids is 3. The maximum absolute atomic E-state index is 12.2. The van der Waals surface area contributed by atoms with Gasteiger partial charge in [-0.15, -0.1) is 0 Å². The van der Waals surface area contributed by atoms with Gasteiger partial charge in [0.2, 0.25) is 11.8 Å². The van der Waals surface area contributed by atoms with Crippen molar-refractivity contribution >= 4 is 17.9 Å². The number of hydrogen-bond donors (Lipinski definition) is 2. The quantitative estimate of drug-likeness (QED) is 0.749. The molecular formula is C19H33N3O5. The minimum atomic E-state index is -0.592. The minimum absolute atomic E-state index is 0.0737. The van der Waals surface area contributed by atoms with Crippen LogP contribution >= 0.6 is 0 Å². The van der Waals surface area contributed by atoms with Gasteiger partial charge in [-0.25, -0.2) is 4.79 Å². The molecule has 2 rings (SSSR count). The van der Waals surface area contributed by atoms with Crippen LogP contribution in [0.2, 0.25) is 0 Å². The predicted octanol–water partition coefficient (Wildman–Crippen LogP) is 1.44. The summed E-state index contributed by atoms with van der Waals surface area (Å²) in [6.07, 6.45) is 3.33. The predicted molar refractivity (Wildman–Crippen MR) is 100 cm³/mol. The van der Waals surface area contributed by atoms with Crippen molar-refractivity contribution in [3.8, 4) is 0 Å². The summed E-state index contributed by atoms with van der Waals surface area (Å²) < 4.78 is 10.4. The number of piperidine rings is 1. The van der Waals surface area contributed by atoms with Gasteiger partial charge < -0.3 is 25.0 Å². The number of alkyl carbamates (subject to hydrolysis) is 1. The first-order valence-electron chi connectivity index (χ1n) is 9.84. The zero-order valence-corrected chi connectivity index (χ0v) is 16.7. The normalized spacial score (nSPS) is 19.4. The fraction of sp³-hybridized carbons (Fsp3) is 0.842. The van der Waals surface area contributed by atoms with Crippen molar-refractivity contribution in [2.45, 2.75) is 64.5 Å². The number of nitrogens with one attached hydrogen (secondary N) is 2. The van der Waals surface area contributed by atoms with Gasteiger partial charge in [-0.3, -0.25) is 9.59 Å². The van der Waals surface area contributed by atoms with Crippen molar-refractivity contribution in [3.05, 3.63) is 0 Å². The van der Waals surface area contributed by atoms with Gasteiger partial charge in [0.05, 0.1) is 0 Å². The number of likely N-dealkylation sites (tertiary alicyclic amines) is 1. The Labute approximate surface area is 161 Å². The highest BCUT2D eigenvalue weighted by Gasteiger charge is 2.26. The molecular weight excluding hydrogens is 350 g/mol. The fourth-order valence-corrected chi connectivity index (χ4v) is 3.35. The number of nitrogens with zero attached hydrogens (tertiary/aromatic N) is 1. The summed E-state index contributed by atoms with van der Waals surface area (Å²) in [6.45, 7) is 7.90. The molecule has 0 aliphatic carbocycles. The largest absolute Gasteiger partial charge is 0.444 e. The van der Waals surface area contributed by atoms with Gasteiger partial charge in [-0.2, -0.15) is 0 Å². The lowest BCUT2D eigenvalue weighted by Crippen LogP contribution is -2.49. The van der Waals surface area contributed by atoms with E-state index in [-0.39, 0.29) is 24.4 Å². The molecule has 2 N–H and O–H groups in total.